The molecular weight excluding hydrogens is 476 g/mol. The number of aliphatic carboxylic acids is 1. The van der Waals surface area contributed by atoms with Crippen LogP contribution in [-0.2, 0) is 32.0 Å². The van der Waals surface area contributed by atoms with E-state index in [-0.39, 0.29) is 18.8 Å². The highest BCUT2D eigenvalue weighted by Gasteiger charge is 2.32. The van der Waals surface area contributed by atoms with Crippen molar-refractivity contribution < 1.29 is 29.4 Å². The predicted octanol–water partition coefficient (Wildman–Crippen LogP) is 0.375. The Morgan fingerprint density at radius 1 is 0.730 bits per heavy atom. The van der Waals surface area contributed by atoms with Crippen molar-refractivity contribution in [3.8, 4) is 0 Å². The molecule has 0 bridgehead atoms. The van der Waals surface area contributed by atoms with E-state index < -0.39 is 54.0 Å². The maximum Gasteiger partial charge on any atom is 0.326 e. The molecule has 10 nitrogen and oxygen atoms in total. The lowest BCUT2D eigenvalue weighted by Gasteiger charge is -2.27. The Bertz CT molecular complexity index is 1050. The largest absolute Gasteiger partial charge is 0.480 e. The van der Waals surface area contributed by atoms with Crippen LogP contribution in [0.3, 0.4) is 0 Å². The van der Waals surface area contributed by atoms with E-state index in [9.17, 15) is 29.4 Å². The van der Waals surface area contributed by atoms with Crippen LogP contribution in [0.25, 0.3) is 0 Å². The van der Waals surface area contributed by atoms with E-state index in [1.165, 1.54) is 6.92 Å². The van der Waals surface area contributed by atoms with Gasteiger partial charge in [0, 0.05) is 12.8 Å². The first-order valence-corrected chi connectivity index (χ1v) is 12.1. The molecule has 0 spiro atoms. The minimum Gasteiger partial charge on any atom is -0.480 e. The second-order valence-corrected chi connectivity index (χ2v) is 9.34. The van der Waals surface area contributed by atoms with Crippen molar-refractivity contribution >= 4 is 23.7 Å². The van der Waals surface area contributed by atoms with Crippen LogP contribution in [0.4, 0.5) is 0 Å². The number of aliphatic hydroxyl groups excluding tert-OH is 1. The van der Waals surface area contributed by atoms with Crippen LogP contribution in [-0.4, -0.2) is 64.2 Å². The average Bonchev–Trinajstić information content (AvgIpc) is 2.86. The normalized spacial score (nSPS) is 15.1. The van der Waals surface area contributed by atoms with Crippen molar-refractivity contribution in [2.45, 2.75) is 63.9 Å². The SMILES string of the molecule is CC(C)C(NC(=O)C(N)C(C)O)C(=O)NC(Cc1ccccc1)C(=O)NC(Cc1ccccc1)C(=O)O. The average molecular weight is 513 g/mol. The summed E-state index contributed by atoms with van der Waals surface area (Å²) in [6.07, 6.45) is -0.956. The second-order valence-electron chi connectivity index (χ2n) is 9.34. The molecule has 37 heavy (non-hydrogen) atoms. The molecule has 0 fully saturated rings. The number of hydrogen-bond donors (Lipinski definition) is 6. The summed E-state index contributed by atoms with van der Waals surface area (Å²) in [4.78, 5) is 50.8. The van der Waals surface area contributed by atoms with Crippen molar-refractivity contribution in [3.05, 3.63) is 71.8 Å². The lowest BCUT2D eigenvalue weighted by molar-refractivity contribution is -0.142. The first kappa shape index (κ1) is 29.5. The van der Waals surface area contributed by atoms with Crippen molar-refractivity contribution in [1.82, 2.24) is 16.0 Å². The molecular formula is C27H36N4O6. The zero-order valence-corrected chi connectivity index (χ0v) is 21.3. The van der Waals surface area contributed by atoms with Gasteiger partial charge >= 0.3 is 5.97 Å². The smallest absolute Gasteiger partial charge is 0.326 e. The lowest BCUT2D eigenvalue weighted by atomic mass is 9.99. The van der Waals surface area contributed by atoms with Crippen LogP contribution < -0.4 is 21.7 Å². The zero-order chi connectivity index (χ0) is 27.5. The molecule has 0 saturated heterocycles. The molecule has 3 amide bonds. The molecule has 0 aliphatic rings. The van der Waals surface area contributed by atoms with Gasteiger partial charge in [0.05, 0.1) is 6.10 Å². The molecule has 5 atom stereocenters. The Hall–Kier alpha value is -3.76. The second kappa shape index (κ2) is 14.1. The van der Waals surface area contributed by atoms with Gasteiger partial charge in [-0.25, -0.2) is 4.79 Å². The minimum atomic E-state index is -1.23. The van der Waals surface area contributed by atoms with Crippen LogP contribution in [0.1, 0.15) is 31.9 Å². The molecule has 0 radical (unpaired) electrons. The Labute approximate surface area is 216 Å². The summed E-state index contributed by atoms with van der Waals surface area (Å²) >= 11 is 0. The molecule has 0 aromatic heterocycles. The fourth-order valence-corrected chi connectivity index (χ4v) is 3.65. The Balaban J connectivity index is 2.23. The third-order valence-electron chi connectivity index (χ3n) is 5.88. The van der Waals surface area contributed by atoms with Crippen molar-refractivity contribution in [3.63, 3.8) is 0 Å². The topological polar surface area (TPSA) is 171 Å². The number of carboxylic acid groups (broad SMARTS) is 1. The van der Waals surface area contributed by atoms with Gasteiger partial charge in [-0.05, 0) is 24.0 Å². The summed E-state index contributed by atoms with van der Waals surface area (Å²) in [5.74, 6) is -3.58. The van der Waals surface area contributed by atoms with Crippen LogP contribution in [0.2, 0.25) is 0 Å². The molecule has 5 unspecified atom stereocenters. The number of aliphatic hydroxyl groups is 1. The lowest BCUT2D eigenvalue weighted by Crippen LogP contribution is -2.59. The molecule has 10 heteroatoms. The molecule has 7 N–H and O–H groups in total. The monoisotopic (exact) mass is 512 g/mol. The number of hydrogen-bond acceptors (Lipinski definition) is 6. The van der Waals surface area contributed by atoms with E-state index in [1.54, 1.807) is 68.4 Å². The molecule has 2 aromatic carbocycles. The van der Waals surface area contributed by atoms with Gasteiger partial charge in [0.1, 0.15) is 24.2 Å². The summed E-state index contributed by atoms with van der Waals surface area (Å²) in [7, 11) is 0. The van der Waals surface area contributed by atoms with E-state index in [0.717, 1.165) is 11.1 Å². The van der Waals surface area contributed by atoms with E-state index in [2.05, 4.69) is 16.0 Å². The van der Waals surface area contributed by atoms with Gasteiger partial charge < -0.3 is 31.9 Å². The number of carbonyl (C=O) groups excluding carboxylic acids is 3. The summed E-state index contributed by atoms with van der Waals surface area (Å²) in [6.45, 7) is 4.79. The van der Waals surface area contributed by atoms with Gasteiger partial charge in [0.2, 0.25) is 17.7 Å². The predicted molar refractivity (Wildman–Crippen MR) is 138 cm³/mol. The van der Waals surface area contributed by atoms with Crippen molar-refractivity contribution in [1.29, 1.82) is 0 Å². The van der Waals surface area contributed by atoms with Gasteiger partial charge in [-0.1, -0.05) is 74.5 Å². The van der Waals surface area contributed by atoms with Gasteiger partial charge in [0.25, 0.3) is 0 Å². The summed E-state index contributed by atoms with van der Waals surface area (Å²) < 4.78 is 0. The number of benzene rings is 2. The maximum atomic E-state index is 13.3. The van der Waals surface area contributed by atoms with Crippen LogP contribution >= 0.6 is 0 Å². The summed E-state index contributed by atoms with van der Waals surface area (Å²) in [5, 5.41) is 27.1. The summed E-state index contributed by atoms with van der Waals surface area (Å²) in [6, 6.07) is 13.2. The van der Waals surface area contributed by atoms with E-state index in [4.69, 9.17) is 5.73 Å². The maximum absolute atomic E-state index is 13.3. The highest BCUT2D eigenvalue weighted by Crippen LogP contribution is 2.09. The minimum absolute atomic E-state index is 0.0653. The molecule has 2 aromatic rings. The third-order valence-corrected chi connectivity index (χ3v) is 5.88. The fraction of sp³-hybridized carbons (Fsp3) is 0.407. The van der Waals surface area contributed by atoms with Gasteiger partial charge in [-0.15, -0.1) is 0 Å². The van der Waals surface area contributed by atoms with Gasteiger partial charge in [-0.3, -0.25) is 14.4 Å². The summed E-state index contributed by atoms with van der Waals surface area (Å²) in [5.41, 5.74) is 7.17. The van der Waals surface area contributed by atoms with E-state index in [1.807, 2.05) is 6.07 Å². The van der Waals surface area contributed by atoms with Crippen LogP contribution in [0.15, 0.2) is 60.7 Å². The number of nitrogens with two attached hydrogens (primary N) is 1. The van der Waals surface area contributed by atoms with Crippen LogP contribution in [0, 0.1) is 5.92 Å². The fourth-order valence-electron chi connectivity index (χ4n) is 3.65. The number of carboxylic acids is 1. The number of rotatable bonds is 13. The first-order valence-electron chi connectivity index (χ1n) is 12.1. The Kier molecular flexibility index (Phi) is 11.2. The number of amides is 3. The van der Waals surface area contributed by atoms with Crippen LogP contribution in [0.5, 0.6) is 0 Å². The van der Waals surface area contributed by atoms with Gasteiger partial charge in [-0.2, -0.15) is 0 Å². The molecule has 0 heterocycles. The van der Waals surface area contributed by atoms with Crippen molar-refractivity contribution in [2.24, 2.45) is 11.7 Å². The Morgan fingerprint density at radius 2 is 1.19 bits per heavy atom. The molecule has 2 rings (SSSR count). The van der Waals surface area contributed by atoms with Crippen molar-refractivity contribution in [2.75, 3.05) is 0 Å². The first-order chi connectivity index (χ1) is 17.5. The molecule has 0 saturated carbocycles. The molecule has 200 valence electrons. The highest BCUT2D eigenvalue weighted by molar-refractivity contribution is 5.94. The molecule has 0 aliphatic carbocycles. The van der Waals surface area contributed by atoms with E-state index >= 15 is 0 Å². The number of carbonyl (C=O) groups is 4. The molecule has 0 aliphatic heterocycles. The third kappa shape index (κ3) is 9.32. The highest BCUT2D eigenvalue weighted by atomic mass is 16.4. The van der Waals surface area contributed by atoms with Gasteiger partial charge in [0.15, 0.2) is 0 Å². The zero-order valence-electron chi connectivity index (χ0n) is 21.3. The standard InChI is InChI=1S/C27H36N4O6/c1-16(2)23(31-25(34)22(28)17(3)32)26(35)29-20(14-18-10-6-4-7-11-18)24(33)30-21(27(36)37)15-19-12-8-5-9-13-19/h4-13,16-17,20-23,32H,14-15,28H2,1-3H3,(H,29,35)(H,30,33)(H,31,34)(H,36,37). The Morgan fingerprint density at radius 3 is 1.62 bits per heavy atom. The number of nitrogens with one attached hydrogen (secondary N) is 3. The quantitative estimate of drug-likeness (QED) is 0.225. The van der Waals surface area contributed by atoms with E-state index in [0.29, 0.717) is 0 Å².